The van der Waals surface area contributed by atoms with Gasteiger partial charge in [-0.3, -0.25) is 4.79 Å². The van der Waals surface area contributed by atoms with Crippen LogP contribution in [-0.4, -0.2) is 16.7 Å². The van der Waals surface area contributed by atoms with E-state index in [2.05, 4.69) is 10.5 Å². The number of nitrogens with two attached hydrogens (primary N) is 1. The molecule has 0 aliphatic heterocycles. The highest BCUT2D eigenvalue weighted by Crippen LogP contribution is 2.16. The zero-order chi connectivity index (χ0) is 14.5. The first-order valence-corrected chi connectivity index (χ1v) is 6.06. The lowest BCUT2D eigenvalue weighted by Gasteiger charge is -2.05. The van der Waals surface area contributed by atoms with Crippen LogP contribution in [0.15, 0.2) is 53.6 Å². The Hall–Kier alpha value is -2.82. The summed E-state index contributed by atoms with van der Waals surface area (Å²) in [7, 11) is 0. The van der Waals surface area contributed by atoms with Crippen LogP contribution in [0, 0.1) is 0 Å². The third-order valence-electron chi connectivity index (χ3n) is 2.79. The highest BCUT2D eigenvalue weighted by atomic mass is 16.3. The molecule has 0 unspecified atom stereocenters. The van der Waals surface area contributed by atoms with Crippen molar-refractivity contribution < 1.29 is 9.90 Å². The van der Waals surface area contributed by atoms with Crippen molar-refractivity contribution in [3.8, 4) is 5.75 Å². The Morgan fingerprint density at radius 2 is 1.80 bits per heavy atom. The van der Waals surface area contributed by atoms with Gasteiger partial charge in [0.1, 0.15) is 5.75 Å². The number of amides is 1. The molecule has 102 valence electrons. The van der Waals surface area contributed by atoms with Crippen molar-refractivity contribution >= 4 is 17.3 Å². The van der Waals surface area contributed by atoms with Crippen molar-refractivity contribution in [2.75, 3.05) is 5.73 Å². The number of phenolic OH excluding ortho intramolecular Hbond substituents is 1. The van der Waals surface area contributed by atoms with Crippen molar-refractivity contribution in [3.05, 3.63) is 59.7 Å². The van der Waals surface area contributed by atoms with Gasteiger partial charge in [-0.25, -0.2) is 5.43 Å². The molecule has 0 aromatic heterocycles. The molecule has 0 heterocycles. The van der Waals surface area contributed by atoms with Gasteiger partial charge in [0.15, 0.2) is 0 Å². The number of nitrogens with one attached hydrogen (secondary N) is 1. The summed E-state index contributed by atoms with van der Waals surface area (Å²) in [5, 5.41) is 13.7. The number of para-hydroxylation sites is 1. The van der Waals surface area contributed by atoms with E-state index in [-0.39, 0.29) is 11.7 Å². The van der Waals surface area contributed by atoms with E-state index in [1.54, 1.807) is 55.5 Å². The van der Waals surface area contributed by atoms with Crippen LogP contribution in [0.5, 0.6) is 5.75 Å². The molecule has 2 rings (SSSR count). The summed E-state index contributed by atoms with van der Waals surface area (Å²) in [5.41, 5.74) is 10.1. The number of rotatable bonds is 3. The third-order valence-corrected chi connectivity index (χ3v) is 2.79. The van der Waals surface area contributed by atoms with Crippen LogP contribution in [0.2, 0.25) is 0 Å². The smallest absolute Gasteiger partial charge is 0.271 e. The first-order valence-electron chi connectivity index (χ1n) is 6.06. The van der Waals surface area contributed by atoms with Gasteiger partial charge >= 0.3 is 0 Å². The number of anilines is 1. The molecule has 0 bridgehead atoms. The average Bonchev–Trinajstić information content (AvgIpc) is 2.45. The van der Waals surface area contributed by atoms with Gasteiger partial charge in [0.05, 0.1) is 5.71 Å². The van der Waals surface area contributed by atoms with Crippen molar-refractivity contribution in [2.24, 2.45) is 5.10 Å². The van der Waals surface area contributed by atoms with E-state index in [1.807, 2.05) is 0 Å². The molecule has 0 saturated carbocycles. The number of carbonyl (C=O) groups is 1. The molecule has 20 heavy (non-hydrogen) atoms. The minimum Gasteiger partial charge on any atom is -0.507 e. The van der Waals surface area contributed by atoms with Gasteiger partial charge in [-0.15, -0.1) is 0 Å². The number of aromatic hydroxyl groups is 1. The lowest BCUT2D eigenvalue weighted by atomic mass is 10.1. The zero-order valence-electron chi connectivity index (χ0n) is 11.0. The molecular weight excluding hydrogens is 254 g/mol. The number of nitrogens with zero attached hydrogens (tertiary/aromatic N) is 1. The second-order valence-electron chi connectivity index (χ2n) is 4.28. The van der Waals surface area contributed by atoms with Gasteiger partial charge in [-0.2, -0.15) is 5.10 Å². The van der Waals surface area contributed by atoms with E-state index in [9.17, 15) is 9.90 Å². The molecular formula is C15H15N3O2. The van der Waals surface area contributed by atoms with E-state index < -0.39 is 0 Å². The molecule has 1 amide bonds. The zero-order valence-corrected chi connectivity index (χ0v) is 11.0. The summed E-state index contributed by atoms with van der Waals surface area (Å²) >= 11 is 0. The Kier molecular flexibility index (Phi) is 4.00. The van der Waals surface area contributed by atoms with Crippen LogP contribution < -0.4 is 11.2 Å². The van der Waals surface area contributed by atoms with Crippen LogP contribution in [0.1, 0.15) is 22.8 Å². The number of benzene rings is 2. The Morgan fingerprint density at radius 3 is 2.45 bits per heavy atom. The molecule has 2 aromatic carbocycles. The standard InChI is InChI=1S/C15H15N3O2/c1-10(13-4-2-3-5-14(13)19)17-18-15(20)11-6-8-12(16)9-7-11/h2-9,19H,16H2,1H3,(H,18,20)/b17-10-. The van der Waals surface area contributed by atoms with Gasteiger partial charge in [0, 0.05) is 16.8 Å². The Labute approximate surface area is 116 Å². The molecule has 0 radical (unpaired) electrons. The second-order valence-corrected chi connectivity index (χ2v) is 4.28. The van der Waals surface area contributed by atoms with Gasteiger partial charge in [-0.05, 0) is 43.3 Å². The van der Waals surface area contributed by atoms with Crippen LogP contribution in [0.25, 0.3) is 0 Å². The maximum absolute atomic E-state index is 11.9. The monoisotopic (exact) mass is 269 g/mol. The minimum atomic E-state index is -0.334. The predicted molar refractivity (Wildman–Crippen MR) is 78.6 cm³/mol. The highest BCUT2D eigenvalue weighted by molar-refractivity contribution is 6.02. The Morgan fingerprint density at radius 1 is 1.15 bits per heavy atom. The lowest BCUT2D eigenvalue weighted by molar-refractivity contribution is 0.0955. The van der Waals surface area contributed by atoms with Crippen LogP contribution >= 0.6 is 0 Å². The fourth-order valence-electron chi connectivity index (χ4n) is 1.67. The third kappa shape index (κ3) is 3.14. The molecule has 0 saturated heterocycles. The van der Waals surface area contributed by atoms with Crippen LogP contribution in [0.4, 0.5) is 5.69 Å². The van der Waals surface area contributed by atoms with Crippen molar-refractivity contribution in [1.29, 1.82) is 0 Å². The van der Waals surface area contributed by atoms with Gasteiger partial charge in [0.2, 0.25) is 0 Å². The van der Waals surface area contributed by atoms with E-state index in [0.29, 0.717) is 22.5 Å². The summed E-state index contributed by atoms with van der Waals surface area (Å²) in [5.74, 6) is -0.213. The molecule has 0 aliphatic carbocycles. The predicted octanol–water partition coefficient (Wildman–Crippen LogP) is 2.13. The number of hydrazone groups is 1. The summed E-state index contributed by atoms with van der Waals surface area (Å²) in [6.07, 6.45) is 0. The second kappa shape index (κ2) is 5.88. The summed E-state index contributed by atoms with van der Waals surface area (Å²) in [6.45, 7) is 1.71. The van der Waals surface area contributed by atoms with Crippen molar-refractivity contribution in [3.63, 3.8) is 0 Å². The van der Waals surface area contributed by atoms with E-state index in [4.69, 9.17) is 5.73 Å². The first kappa shape index (κ1) is 13.6. The summed E-state index contributed by atoms with van der Waals surface area (Å²) in [6, 6.07) is 13.3. The number of hydrogen-bond donors (Lipinski definition) is 3. The summed E-state index contributed by atoms with van der Waals surface area (Å²) < 4.78 is 0. The first-order chi connectivity index (χ1) is 9.58. The highest BCUT2D eigenvalue weighted by Gasteiger charge is 2.06. The number of phenols is 1. The fraction of sp³-hybridized carbons (Fsp3) is 0.0667. The molecule has 0 spiro atoms. The van der Waals surface area contributed by atoms with Crippen molar-refractivity contribution in [2.45, 2.75) is 6.92 Å². The van der Waals surface area contributed by atoms with E-state index in [1.165, 1.54) is 0 Å². The topological polar surface area (TPSA) is 87.7 Å². The molecule has 5 heteroatoms. The lowest BCUT2D eigenvalue weighted by Crippen LogP contribution is -2.19. The number of nitrogen functional groups attached to an aromatic ring is 1. The average molecular weight is 269 g/mol. The Balaban J connectivity index is 2.11. The SMILES string of the molecule is C/C(=N/NC(=O)c1ccc(N)cc1)c1ccccc1O. The van der Waals surface area contributed by atoms with Gasteiger partial charge in [-0.1, -0.05) is 12.1 Å². The summed E-state index contributed by atoms with van der Waals surface area (Å²) in [4.78, 5) is 11.9. The molecule has 0 aliphatic rings. The van der Waals surface area contributed by atoms with Crippen LogP contribution in [0.3, 0.4) is 0 Å². The quantitative estimate of drug-likeness (QED) is 0.453. The fourth-order valence-corrected chi connectivity index (χ4v) is 1.67. The molecule has 0 atom stereocenters. The maximum Gasteiger partial charge on any atom is 0.271 e. The molecule has 5 nitrogen and oxygen atoms in total. The van der Waals surface area contributed by atoms with E-state index in [0.717, 1.165) is 0 Å². The Bertz CT molecular complexity index is 648. The largest absolute Gasteiger partial charge is 0.507 e. The molecule has 2 aromatic rings. The number of hydrogen-bond acceptors (Lipinski definition) is 4. The van der Waals surface area contributed by atoms with E-state index >= 15 is 0 Å². The van der Waals surface area contributed by atoms with Gasteiger partial charge in [0.25, 0.3) is 5.91 Å². The molecule has 0 fully saturated rings. The molecule has 4 N–H and O–H groups in total. The normalized spacial score (nSPS) is 11.2. The van der Waals surface area contributed by atoms with Crippen molar-refractivity contribution in [1.82, 2.24) is 5.43 Å². The number of carbonyl (C=O) groups excluding carboxylic acids is 1. The van der Waals surface area contributed by atoms with Crippen LogP contribution in [-0.2, 0) is 0 Å². The van der Waals surface area contributed by atoms with Gasteiger partial charge < -0.3 is 10.8 Å². The minimum absolute atomic E-state index is 0.121. The maximum atomic E-state index is 11.9.